The number of ether oxygens (including phenoxy) is 1. The van der Waals surface area contributed by atoms with Crippen molar-refractivity contribution in [3.8, 4) is 5.75 Å². The van der Waals surface area contributed by atoms with Crippen LogP contribution in [0.4, 0.5) is 5.69 Å². The summed E-state index contributed by atoms with van der Waals surface area (Å²) in [5, 5.41) is 4.71. The fourth-order valence-corrected chi connectivity index (χ4v) is 7.25. The minimum atomic E-state index is -1.14. The number of amides is 3. The molecule has 0 aromatic heterocycles. The summed E-state index contributed by atoms with van der Waals surface area (Å²) in [6.07, 6.45) is 1.60. The summed E-state index contributed by atoms with van der Waals surface area (Å²) in [6.45, 7) is 1.30. The average molecular weight is 590 g/mol. The molecule has 8 rings (SSSR count). The van der Waals surface area contributed by atoms with Crippen molar-refractivity contribution in [1.29, 1.82) is 0 Å². The molecule has 43 heavy (non-hydrogen) atoms. The lowest BCUT2D eigenvalue weighted by Gasteiger charge is -2.52. The normalized spacial score (nSPS) is 23.1. The van der Waals surface area contributed by atoms with Gasteiger partial charge in [-0.3, -0.25) is 19.2 Å². The molecule has 3 amide bonds. The van der Waals surface area contributed by atoms with Crippen LogP contribution in [-0.2, 0) is 19.8 Å². The minimum Gasteiger partial charge on any atom is -0.427 e. The number of rotatable bonds is 5. The molecule has 2 bridgehead atoms. The number of anilines is 1. The van der Waals surface area contributed by atoms with Crippen molar-refractivity contribution < 1.29 is 23.9 Å². The van der Waals surface area contributed by atoms with Gasteiger partial charge in [-0.2, -0.15) is 5.10 Å². The molecule has 1 fully saturated rings. The molecule has 2 atom stereocenters. The molecule has 1 aliphatic heterocycles. The first-order chi connectivity index (χ1) is 20.8. The summed E-state index contributed by atoms with van der Waals surface area (Å²) < 4.78 is 5.14. The van der Waals surface area contributed by atoms with Crippen LogP contribution in [0.25, 0.3) is 0 Å². The van der Waals surface area contributed by atoms with E-state index < -0.39 is 29.1 Å². The van der Waals surface area contributed by atoms with E-state index in [4.69, 9.17) is 16.3 Å². The van der Waals surface area contributed by atoms with E-state index in [-0.39, 0.29) is 28.3 Å². The highest BCUT2D eigenvalue weighted by atomic mass is 35.5. The van der Waals surface area contributed by atoms with Crippen molar-refractivity contribution >= 4 is 47.2 Å². The summed E-state index contributed by atoms with van der Waals surface area (Å²) in [4.78, 5) is 54.3. The second kappa shape index (κ2) is 10.0. The monoisotopic (exact) mass is 589 g/mol. The van der Waals surface area contributed by atoms with E-state index in [1.165, 1.54) is 11.8 Å². The largest absolute Gasteiger partial charge is 0.427 e. The van der Waals surface area contributed by atoms with Gasteiger partial charge in [0.1, 0.15) is 5.75 Å². The number of imide groups is 1. The molecule has 1 heterocycles. The maximum atomic E-state index is 14.4. The summed E-state index contributed by atoms with van der Waals surface area (Å²) in [6, 6.07) is 28.5. The van der Waals surface area contributed by atoms with Crippen LogP contribution in [0.1, 0.15) is 45.5 Å². The Morgan fingerprint density at radius 3 is 2.09 bits per heavy atom. The van der Waals surface area contributed by atoms with Gasteiger partial charge in [0, 0.05) is 19.1 Å². The van der Waals surface area contributed by atoms with Gasteiger partial charge in [0.2, 0.25) is 11.8 Å². The van der Waals surface area contributed by atoms with Gasteiger partial charge in [-0.25, -0.2) is 10.3 Å². The summed E-state index contributed by atoms with van der Waals surface area (Å²) in [7, 11) is 0. The topological polar surface area (TPSA) is 105 Å². The fourth-order valence-electron chi connectivity index (χ4n) is 7.03. The Morgan fingerprint density at radius 1 is 0.860 bits per heavy atom. The Morgan fingerprint density at radius 2 is 1.47 bits per heavy atom. The zero-order chi connectivity index (χ0) is 29.9. The number of nitrogens with one attached hydrogen (secondary N) is 1. The first-order valence-electron chi connectivity index (χ1n) is 13.8. The Bertz CT molecular complexity index is 1820. The number of hydrazone groups is 1. The number of hydrogen-bond acceptors (Lipinski definition) is 6. The number of nitrogens with zero attached hydrogens (tertiary/aromatic N) is 2. The third-order valence-corrected chi connectivity index (χ3v) is 8.92. The number of hydrogen-bond donors (Lipinski definition) is 1. The molecule has 3 aliphatic carbocycles. The second-order valence-corrected chi connectivity index (χ2v) is 11.2. The van der Waals surface area contributed by atoms with Gasteiger partial charge in [0.25, 0.3) is 5.91 Å². The van der Waals surface area contributed by atoms with Crippen LogP contribution in [0.2, 0.25) is 5.02 Å². The van der Waals surface area contributed by atoms with E-state index >= 15 is 0 Å². The standard InChI is InChI=1S/C34H24ClN3O5/c1-19(39)43-21-16-14-20(15-17-21)38-32(41)29-28-22-8-2-5-11-25(22)34(30(29)33(38)42,26-12-6-3-9-23(26)28)18-36-37-31(40)24-10-4-7-13-27(24)35/h2-18,28-30H,1H3,(H,37,40). The van der Waals surface area contributed by atoms with Crippen molar-refractivity contribution in [1.82, 2.24) is 5.43 Å². The SMILES string of the molecule is CC(=O)Oc1ccc(N2C(=O)C3C4c5ccccc5C(C=NNC(=O)c5ccccc5Cl)(c5ccccc54)C3C2=O)cc1. The quantitative estimate of drug-likeness (QED) is 0.113. The predicted molar refractivity (Wildman–Crippen MR) is 160 cm³/mol. The maximum Gasteiger partial charge on any atom is 0.308 e. The first kappa shape index (κ1) is 26.8. The van der Waals surface area contributed by atoms with E-state index in [0.717, 1.165) is 22.3 Å². The summed E-state index contributed by atoms with van der Waals surface area (Å²) in [5.74, 6) is -3.20. The highest BCUT2D eigenvalue weighted by Crippen LogP contribution is 2.63. The van der Waals surface area contributed by atoms with Crippen LogP contribution in [-0.4, -0.2) is 29.9 Å². The van der Waals surface area contributed by atoms with Crippen LogP contribution < -0.4 is 15.1 Å². The van der Waals surface area contributed by atoms with Gasteiger partial charge < -0.3 is 4.74 Å². The maximum absolute atomic E-state index is 14.4. The summed E-state index contributed by atoms with van der Waals surface area (Å²) >= 11 is 6.23. The molecule has 212 valence electrons. The molecule has 1 N–H and O–H groups in total. The molecule has 0 spiro atoms. The molecule has 1 saturated heterocycles. The Kier molecular flexibility index (Phi) is 6.25. The molecular weight excluding hydrogens is 566 g/mol. The molecule has 9 heteroatoms. The van der Waals surface area contributed by atoms with Crippen molar-refractivity contribution in [3.63, 3.8) is 0 Å². The van der Waals surface area contributed by atoms with E-state index in [9.17, 15) is 19.2 Å². The lowest BCUT2D eigenvalue weighted by molar-refractivity contribution is -0.132. The lowest BCUT2D eigenvalue weighted by Crippen LogP contribution is -2.54. The third-order valence-electron chi connectivity index (χ3n) is 8.59. The zero-order valence-corrected chi connectivity index (χ0v) is 23.6. The van der Waals surface area contributed by atoms with E-state index in [1.807, 2.05) is 48.5 Å². The van der Waals surface area contributed by atoms with Gasteiger partial charge >= 0.3 is 5.97 Å². The van der Waals surface area contributed by atoms with E-state index in [2.05, 4.69) is 10.5 Å². The molecule has 4 aromatic carbocycles. The van der Waals surface area contributed by atoms with Gasteiger partial charge in [0.05, 0.1) is 33.5 Å². The molecular formula is C34H24ClN3O5. The predicted octanol–water partition coefficient (Wildman–Crippen LogP) is 5.23. The van der Waals surface area contributed by atoms with Crippen LogP contribution in [0, 0.1) is 11.8 Å². The Hall–Kier alpha value is -5.08. The summed E-state index contributed by atoms with van der Waals surface area (Å²) in [5.41, 5.74) is 5.71. The zero-order valence-electron chi connectivity index (χ0n) is 22.9. The van der Waals surface area contributed by atoms with E-state index in [1.54, 1.807) is 54.7 Å². The minimum absolute atomic E-state index is 0.264. The highest BCUT2D eigenvalue weighted by Gasteiger charge is 2.68. The van der Waals surface area contributed by atoms with Crippen LogP contribution in [0.5, 0.6) is 5.75 Å². The molecule has 2 unspecified atom stereocenters. The lowest BCUT2D eigenvalue weighted by atomic mass is 9.47. The number of benzene rings is 4. The van der Waals surface area contributed by atoms with E-state index in [0.29, 0.717) is 11.4 Å². The molecule has 4 aliphatic rings. The number of carbonyl (C=O) groups excluding carboxylic acids is 4. The first-order valence-corrected chi connectivity index (χ1v) is 14.1. The Labute approximate surface area is 251 Å². The second-order valence-electron chi connectivity index (χ2n) is 10.8. The Balaban J connectivity index is 1.36. The molecule has 8 nitrogen and oxygen atoms in total. The van der Waals surface area contributed by atoms with Gasteiger partial charge in [-0.1, -0.05) is 72.3 Å². The number of carbonyl (C=O) groups is 4. The van der Waals surface area contributed by atoms with Gasteiger partial charge in [-0.05, 0) is 58.7 Å². The molecule has 4 aromatic rings. The van der Waals surface area contributed by atoms with Crippen LogP contribution >= 0.6 is 11.6 Å². The van der Waals surface area contributed by atoms with Crippen molar-refractivity contribution in [2.24, 2.45) is 16.9 Å². The number of esters is 1. The fraction of sp³-hybridized carbons (Fsp3) is 0.147. The van der Waals surface area contributed by atoms with Crippen molar-refractivity contribution in [2.75, 3.05) is 4.90 Å². The smallest absolute Gasteiger partial charge is 0.308 e. The van der Waals surface area contributed by atoms with Crippen molar-refractivity contribution in [2.45, 2.75) is 18.3 Å². The third kappa shape index (κ3) is 3.94. The van der Waals surface area contributed by atoms with Gasteiger partial charge in [0.15, 0.2) is 0 Å². The van der Waals surface area contributed by atoms with Crippen LogP contribution in [0.3, 0.4) is 0 Å². The average Bonchev–Trinajstić information content (AvgIpc) is 3.28. The molecule has 0 saturated carbocycles. The van der Waals surface area contributed by atoms with Crippen LogP contribution in [0.15, 0.2) is 102 Å². The van der Waals surface area contributed by atoms with Crippen molar-refractivity contribution in [3.05, 3.63) is 130 Å². The van der Waals surface area contributed by atoms with Gasteiger partial charge in [-0.15, -0.1) is 0 Å². The highest BCUT2D eigenvalue weighted by molar-refractivity contribution is 6.33. The molecule has 0 radical (unpaired) electrons. The number of halogens is 1.